The first kappa shape index (κ1) is 47.3. The van der Waals surface area contributed by atoms with Crippen LogP contribution in [0.15, 0.2) is 121 Å². The third-order valence-electron chi connectivity index (χ3n) is 10.8. The predicted octanol–water partition coefficient (Wildman–Crippen LogP) is 8.60. The maximum Gasteiger partial charge on any atom is 0.511 e. The van der Waals surface area contributed by atoms with Crippen molar-refractivity contribution in [3.05, 3.63) is 177 Å². The molecule has 0 radical (unpaired) electrons. The van der Waals surface area contributed by atoms with E-state index in [1.165, 1.54) is 69.5 Å². The van der Waals surface area contributed by atoms with E-state index in [1.807, 2.05) is 5.38 Å². The van der Waals surface area contributed by atoms with Gasteiger partial charge in [-0.15, -0.1) is 22.7 Å². The first-order valence-electron chi connectivity index (χ1n) is 19.9. The standard InChI is InChI=1S/C24H19F2N5O4S.C22H17F2N5OS/c1-15(22-30-21(10-36-22)17-4-2-16(9-27)3-5-17)24(35-23(33)34-14-32,11-31-13-28-12-29-31)19-7-6-18(25)8-20(19)26;1-14(21-28-20(10-31-21)16-4-2-15(9-25)3-5-16)22(30,11-29-13-26-12-27-29)18-7-6-17(23)8-19(18)24/h2-8,10,12-13,15,32H,11,14H2,1H3;2-8,10,12-14,30H,11H2,1H3/t15-,24?;14-,22?/m00/s1. The molecule has 67 heavy (non-hydrogen) atoms. The van der Waals surface area contributed by atoms with Crippen LogP contribution in [0.3, 0.4) is 0 Å². The van der Waals surface area contributed by atoms with E-state index in [1.54, 1.807) is 67.8 Å². The predicted molar refractivity (Wildman–Crippen MR) is 234 cm³/mol. The number of nitrogens with zero attached hydrogens (tertiary/aromatic N) is 10. The lowest BCUT2D eigenvalue weighted by molar-refractivity contribution is -0.0849. The van der Waals surface area contributed by atoms with Gasteiger partial charge in [0.05, 0.1) is 58.7 Å². The Kier molecular flexibility index (Phi) is 14.6. The van der Waals surface area contributed by atoms with Crippen molar-refractivity contribution in [2.45, 2.75) is 50.0 Å². The lowest BCUT2D eigenvalue weighted by atomic mass is 9.81. The van der Waals surface area contributed by atoms with Crippen LogP contribution in [-0.4, -0.2) is 62.7 Å². The van der Waals surface area contributed by atoms with Crippen molar-refractivity contribution in [1.82, 2.24) is 39.5 Å². The molecule has 0 amide bonds. The second-order valence-corrected chi connectivity index (χ2v) is 16.6. The minimum absolute atomic E-state index is 0.0491. The van der Waals surface area contributed by atoms with Crippen LogP contribution in [0.2, 0.25) is 0 Å². The Morgan fingerprint density at radius 2 is 1.19 bits per heavy atom. The first-order chi connectivity index (χ1) is 32.3. The van der Waals surface area contributed by atoms with Gasteiger partial charge in [-0.2, -0.15) is 20.7 Å². The largest absolute Gasteiger partial charge is 0.511 e. The number of rotatable bonds is 14. The number of halogens is 4. The molecule has 2 N–H and O–H groups in total. The van der Waals surface area contributed by atoms with Crippen molar-refractivity contribution in [2.75, 3.05) is 6.79 Å². The van der Waals surface area contributed by atoms with Crippen molar-refractivity contribution in [3.8, 4) is 34.7 Å². The minimum atomic E-state index is -1.82. The van der Waals surface area contributed by atoms with Gasteiger partial charge in [-0.25, -0.2) is 51.7 Å². The summed E-state index contributed by atoms with van der Waals surface area (Å²) < 4.78 is 70.2. The summed E-state index contributed by atoms with van der Waals surface area (Å²) >= 11 is 2.57. The highest BCUT2D eigenvalue weighted by Crippen LogP contribution is 2.45. The van der Waals surface area contributed by atoms with E-state index in [-0.39, 0.29) is 24.2 Å². The normalized spacial score (nSPS) is 13.7. The average Bonchev–Trinajstić information content (AvgIpc) is 4.19. The van der Waals surface area contributed by atoms with E-state index in [4.69, 9.17) is 20.4 Å². The summed E-state index contributed by atoms with van der Waals surface area (Å²) in [6, 6.07) is 24.0. The Bertz CT molecular complexity index is 3030. The number of carbonyl (C=O) groups is 1. The molecular formula is C46H36F4N10O5S2. The highest BCUT2D eigenvalue weighted by molar-refractivity contribution is 7.10. The molecule has 0 aliphatic heterocycles. The molecular weight excluding hydrogens is 913 g/mol. The molecule has 0 bridgehead atoms. The average molecular weight is 949 g/mol. The van der Waals surface area contributed by atoms with Gasteiger partial charge in [0.1, 0.15) is 59.2 Å². The molecule has 0 aliphatic carbocycles. The molecule has 340 valence electrons. The fraction of sp³-hybridized carbons (Fsp3) is 0.196. The third kappa shape index (κ3) is 10.6. The van der Waals surface area contributed by atoms with Gasteiger partial charge in [0.25, 0.3) is 0 Å². The van der Waals surface area contributed by atoms with E-state index in [0.717, 1.165) is 29.3 Å². The number of carbonyl (C=O) groups excluding carboxylic acids is 1. The van der Waals surface area contributed by atoms with Crippen LogP contribution in [0.1, 0.15) is 58.0 Å². The Labute approximate surface area is 387 Å². The van der Waals surface area contributed by atoms with Crippen LogP contribution >= 0.6 is 22.7 Å². The number of hydrogen-bond acceptors (Lipinski definition) is 15. The van der Waals surface area contributed by atoms with E-state index in [0.29, 0.717) is 38.6 Å². The summed E-state index contributed by atoms with van der Waals surface area (Å²) in [6.07, 6.45) is 4.08. The smallest absolute Gasteiger partial charge is 0.420 e. The number of hydrogen-bond donors (Lipinski definition) is 2. The Hall–Kier alpha value is -7.69. The summed E-state index contributed by atoms with van der Waals surface area (Å²) in [5.41, 5.74) is 0.114. The monoisotopic (exact) mass is 948 g/mol. The Morgan fingerprint density at radius 3 is 1.64 bits per heavy atom. The van der Waals surface area contributed by atoms with Gasteiger partial charge in [-0.1, -0.05) is 44.2 Å². The van der Waals surface area contributed by atoms with Crippen LogP contribution < -0.4 is 0 Å². The summed E-state index contributed by atoms with van der Waals surface area (Å²) in [4.78, 5) is 29.5. The van der Waals surface area contributed by atoms with Crippen molar-refractivity contribution in [3.63, 3.8) is 0 Å². The fourth-order valence-electron chi connectivity index (χ4n) is 7.18. The number of thiazole rings is 2. The second kappa shape index (κ2) is 20.6. The molecule has 0 aliphatic rings. The van der Waals surface area contributed by atoms with Gasteiger partial charge in [-0.3, -0.25) is 0 Å². The van der Waals surface area contributed by atoms with E-state index in [9.17, 15) is 23.1 Å². The maximum absolute atomic E-state index is 15.2. The topological polar surface area (TPSA) is 211 Å². The molecule has 0 spiro atoms. The van der Waals surface area contributed by atoms with Crippen molar-refractivity contribution >= 4 is 28.8 Å². The Morgan fingerprint density at radius 1 is 0.716 bits per heavy atom. The molecule has 21 heteroatoms. The van der Waals surface area contributed by atoms with Crippen molar-refractivity contribution < 1.29 is 42.0 Å². The second-order valence-electron chi connectivity index (χ2n) is 14.8. The van der Waals surface area contributed by atoms with Crippen LogP contribution in [0.25, 0.3) is 22.5 Å². The highest BCUT2D eigenvalue weighted by atomic mass is 32.1. The zero-order valence-corrected chi connectivity index (χ0v) is 36.9. The zero-order valence-electron chi connectivity index (χ0n) is 35.2. The van der Waals surface area contributed by atoms with Crippen LogP contribution in [-0.2, 0) is 33.8 Å². The van der Waals surface area contributed by atoms with E-state index >= 15 is 4.39 Å². The van der Waals surface area contributed by atoms with Crippen LogP contribution in [0, 0.1) is 45.9 Å². The van der Waals surface area contributed by atoms with Gasteiger partial charge in [0, 0.05) is 51.1 Å². The number of ether oxygens (including phenoxy) is 2. The molecule has 0 fully saturated rings. The number of aliphatic hydroxyl groups is 2. The third-order valence-corrected chi connectivity index (χ3v) is 12.8. The van der Waals surface area contributed by atoms with Gasteiger partial charge in [0.2, 0.25) is 0 Å². The van der Waals surface area contributed by atoms with Gasteiger partial charge < -0.3 is 19.7 Å². The van der Waals surface area contributed by atoms with Gasteiger partial charge >= 0.3 is 6.16 Å². The Balaban J connectivity index is 0.000000201. The van der Waals surface area contributed by atoms with E-state index in [2.05, 4.69) is 47.0 Å². The SMILES string of the molecule is C[C@@H](c1nc(-c2ccc(C#N)cc2)cs1)C(Cn1cncn1)(OC(=O)OCO)c1ccc(F)cc1F.C[C@@H](c1nc(-c2ccc(C#N)cc2)cs1)C(O)(Cn1cncn1)c1ccc(F)cc1F. The molecule has 4 aromatic carbocycles. The zero-order chi connectivity index (χ0) is 47.7. The van der Waals surface area contributed by atoms with Crippen molar-refractivity contribution in [1.29, 1.82) is 10.5 Å². The molecule has 0 saturated carbocycles. The van der Waals surface area contributed by atoms with Gasteiger partial charge in [0.15, 0.2) is 12.4 Å². The highest BCUT2D eigenvalue weighted by Gasteiger charge is 2.48. The number of aliphatic hydroxyl groups excluding tert-OH is 1. The number of benzene rings is 4. The van der Waals surface area contributed by atoms with Gasteiger partial charge in [-0.05, 0) is 42.5 Å². The summed E-state index contributed by atoms with van der Waals surface area (Å²) in [5.74, 6) is -4.79. The van der Waals surface area contributed by atoms with E-state index < -0.39 is 59.3 Å². The summed E-state index contributed by atoms with van der Waals surface area (Å²) in [7, 11) is 0. The number of aromatic nitrogens is 8. The molecule has 8 aromatic rings. The molecule has 8 rings (SSSR count). The van der Waals surface area contributed by atoms with Crippen molar-refractivity contribution in [2.24, 2.45) is 0 Å². The maximum atomic E-state index is 15.2. The first-order valence-corrected chi connectivity index (χ1v) is 21.7. The molecule has 4 atom stereocenters. The molecule has 4 aromatic heterocycles. The minimum Gasteiger partial charge on any atom is -0.420 e. The molecule has 0 saturated heterocycles. The lowest BCUT2D eigenvalue weighted by Gasteiger charge is -2.37. The molecule has 15 nitrogen and oxygen atoms in total. The molecule has 4 heterocycles. The molecule has 2 unspecified atom stereocenters. The van der Waals surface area contributed by atoms with Crippen LogP contribution in [0.5, 0.6) is 0 Å². The lowest BCUT2D eigenvalue weighted by Crippen LogP contribution is -2.43. The summed E-state index contributed by atoms with van der Waals surface area (Å²) in [6.45, 7) is 2.14. The summed E-state index contributed by atoms with van der Waals surface area (Å²) in [5, 5.41) is 51.5. The quantitative estimate of drug-likeness (QED) is 0.0595. The number of nitriles is 2. The fourth-order valence-corrected chi connectivity index (χ4v) is 9.12. The van der Waals surface area contributed by atoms with Crippen LogP contribution in [0.4, 0.5) is 22.4 Å².